The highest BCUT2D eigenvalue weighted by Crippen LogP contribution is 2.24. The number of nitrogens with two attached hydrogens (primary N) is 1. The molecule has 2 atom stereocenters. The first-order valence-electron chi connectivity index (χ1n) is 6.48. The number of benzene rings is 1. The second-order valence-corrected chi connectivity index (χ2v) is 5.53. The summed E-state index contributed by atoms with van der Waals surface area (Å²) < 4.78 is 0. The molecule has 0 aliphatic carbocycles. The van der Waals surface area contributed by atoms with Gasteiger partial charge in [0.15, 0.2) is 0 Å². The molecule has 0 aliphatic rings. The zero-order valence-electron chi connectivity index (χ0n) is 11.3. The SMILES string of the molecule is Cc1cncc(C(Cc2ccc(Cl)cc2)C(C)N)c1. The van der Waals surface area contributed by atoms with Crippen molar-refractivity contribution in [2.24, 2.45) is 5.73 Å². The Labute approximate surface area is 119 Å². The van der Waals surface area contributed by atoms with Crippen molar-refractivity contribution in [2.45, 2.75) is 32.2 Å². The van der Waals surface area contributed by atoms with E-state index in [-0.39, 0.29) is 12.0 Å². The third-order valence-corrected chi connectivity index (χ3v) is 3.58. The molecule has 1 heterocycles. The van der Waals surface area contributed by atoms with Crippen LogP contribution in [0.4, 0.5) is 0 Å². The lowest BCUT2D eigenvalue weighted by Gasteiger charge is -2.21. The van der Waals surface area contributed by atoms with Gasteiger partial charge in [0, 0.05) is 29.4 Å². The molecular formula is C16H19ClN2. The number of aromatic nitrogens is 1. The van der Waals surface area contributed by atoms with Crippen molar-refractivity contribution in [2.75, 3.05) is 0 Å². The molecule has 0 radical (unpaired) electrons. The molecule has 0 saturated heterocycles. The van der Waals surface area contributed by atoms with Crippen molar-refractivity contribution < 1.29 is 0 Å². The van der Waals surface area contributed by atoms with E-state index in [1.165, 1.54) is 16.7 Å². The Kier molecular flexibility index (Phi) is 4.56. The minimum Gasteiger partial charge on any atom is -0.327 e. The molecule has 0 fully saturated rings. The fourth-order valence-corrected chi connectivity index (χ4v) is 2.39. The maximum atomic E-state index is 6.14. The zero-order chi connectivity index (χ0) is 13.8. The van der Waals surface area contributed by atoms with Gasteiger partial charge in [0.25, 0.3) is 0 Å². The van der Waals surface area contributed by atoms with Crippen molar-refractivity contribution in [3.63, 3.8) is 0 Å². The molecule has 0 saturated carbocycles. The lowest BCUT2D eigenvalue weighted by atomic mass is 9.87. The number of hydrogen-bond acceptors (Lipinski definition) is 2. The highest BCUT2D eigenvalue weighted by molar-refractivity contribution is 6.30. The lowest BCUT2D eigenvalue weighted by molar-refractivity contribution is 0.563. The summed E-state index contributed by atoms with van der Waals surface area (Å²) in [7, 11) is 0. The summed E-state index contributed by atoms with van der Waals surface area (Å²) in [6, 6.07) is 10.2. The van der Waals surface area contributed by atoms with Crippen molar-refractivity contribution in [3.8, 4) is 0 Å². The van der Waals surface area contributed by atoms with Crippen molar-refractivity contribution in [1.29, 1.82) is 0 Å². The molecule has 0 amide bonds. The highest BCUT2D eigenvalue weighted by Gasteiger charge is 2.17. The molecule has 2 nitrogen and oxygen atoms in total. The topological polar surface area (TPSA) is 38.9 Å². The predicted octanol–water partition coefficient (Wildman–Crippen LogP) is 3.72. The number of halogens is 1. The maximum Gasteiger partial charge on any atom is 0.0406 e. The average molecular weight is 275 g/mol. The van der Waals surface area contributed by atoms with E-state index in [9.17, 15) is 0 Å². The van der Waals surface area contributed by atoms with E-state index >= 15 is 0 Å². The Bertz CT molecular complexity index is 535. The van der Waals surface area contributed by atoms with Gasteiger partial charge in [-0.2, -0.15) is 0 Å². The van der Waals surface area contributed by atoms with Crippen LogP contribution in [0.5, 0.6) is 0 Å². The van der Waals surface area contributed by atoms with Crippen molar-refractivity contribution >= 4 is 11.6 Å². The molecular weight excluding hydrogens is 256 g/mol. The van der Waals surface area contributed by atoms with E-state index < -0.39 is 0 Å². The van der Waals surface area contributed by atoms with Gasteiger partial charge in [0.05, 0.1) is 0 Å². The maximum absolute atomic E-state index is 6.14. The smallest absolute Gasteiger partial charge is 0.0406 e. The Morgan fingerprint density at radius 3 is 2.47 bits per heavy atom. The number of aryl methyl sites for hydroxylation is 1. The molecule has 3 heteroatoms. The van der Waals surface area contributed by atoms with Gasteiger partial charge in [-0.15, -0.1) is 0 Å². The van der Waals surface area contributed by atoms with Crippen molar-refractivity contribution in [3.05, 3.63) is 64.4 Å². The monoisotopic (exact) mass is 274 g/mol. The standard InChI is InChI=1S/C16H19ClN2/c1-11-7-14(10-19-9-11)16(12(2)18)8-13-3-5-15(17)6-4-13/h3-7,9-10,12,16H,8,18H2,1-2H3. The first kappa shape index (κ1) is 14.0. The minimum absolute atomic E-state index is 0.0827. The average Bonchev–Trinajstić information content (AvgIpc) is 2.37. The molecule has 2 aromatic rings. The Morgan fingerprint density at radius 1 is 1.21 bits per heavy atom. The van der Waals surface area contributed by atoms with Gasteiger partial charge in [-0.3, -0.25) is 4.98 Å². The van der Waals surface area contributed by atoms with Gasteiger partial charge in [0.2, 0.25) is 0 Å². The van der Waals surface area contributed by atoms with Crippen LogP contribution in [0.2, 0.25) is 5.02 Å². The molecule has 1 aromatic carbocycles. The quantitative estimate of drug-likeness (QED) is 0.923. The molecule has 0 bridgehead atoms. The van der Waals surface area contributed by atoms with Crippen LogP contribution in [-0.4, -0.2) is 11.0 Å². The third-order valence-electron chi connectivity index (χ3n) is 3.33. The van der Waals surface area contributed by atoms with Gasteiger partial charge in [-0.25, -0.2) is 0 Å². The van der Waals surface area contributed by atoms with Crippen LogP contribution in [0.15, 0.2) is 42.7 Å². The van der Waals surface area contributed by atoms with Gasteiger partial charge in [-0.1, -0.05) is 29.8 Å². The Hall–Kier alpha value is -1.38. The minimum atomic E-state index is 0.0827. The Balaban J connectivity index is 2.23. The zero-order valence-corrected chi connectivity index (χ0v) is 12.1. The first-order chi connectivity index (χ1) is 9.06. The van der Waals surface area contributed by atoms with Crippen LogP contribution in [-0.2, 0) is 6.42 Å². The fraction of sp³-hybridized carbons (Fsp3) is 0.312. The molecule has 2 unspecified atom stereocenters. The van der Waals surface area contributed by atoms with Crippen LogP contribution in [0.3, 0.4) is 0 Å². The van der Waals surface area contributed by atoms with Gasteiger partial charge in [0.1, 0.15) is 0 Å². The first-order valence-corrected chi connectivity index (χ1v) is 6.85. The van der Waals surface area contributed by atoms with E-state index in [1.54, 1.807) is 0 Å². The number of rotatable bonds is 4. The largest absolute Gasteiger partial charge is 0.327 e. The summed E-state index contributed by atoms with van der Waals surface area (Å²) in [5.41, 5.74) is 9.75. The molecule has 19 heavy (non-hydrogen) atoms. The summed E-state index contributed by atoms with van der Waals surface area (Å²) in [5.74, 6) is 0.272. The number of pyridine rings is 1. The van der Waals surface area contributed by atoms with Gasteiger partial charge >= 0.3 is 0 Å². The second-order valence-electron chi connectivity index (χ2n) is 5.09. The van der Waals surface area contributed by atoms with Crippen LogP contribution < -0.4 is 5.73 Å². The van der Waals surface area contributed by atoms with Crippen LogP contribution in [0, 0.1) is 6.92 Å². The van der Waals surface area contributed by atoms with E-state index in [4.69, 9.17) is 17.3 Å². The molecule has 2 N–H and O–H groups in total. The third kappa shape index (κ3) is 3.79. The molecule has 100 valence electrons. The fourth-order valence-electron chi connectivity index (χ4n) is 2.26. The number of nitrogens with zero attached hydrogens (tertiary/aromatic N) is 1. The van der Waals surface area contributed by atoms with E-state index in [2.05, 4.69) is 30.1 Å². The molecule has 0 aliphatic heterocycles. The predicted molar refractivity (Wildman–Crippen MR) is 80.5 cm³/mol. The highest BCUT2D eigenvalue weighted by atomic mass is 35.5. The normalized spacial score (nSPS) is 14.1. The van der Waals surface area contributed by atoms with Gasteiger partial charge in [-0.05, 0) is 49.1 Å². The second kappa shape index (κ2) is 6.18. The van der Waals surface area contributed by atoms with E-state index in [0.29, 0.717) is 0 Å². The van der Waals surface area contributed by atoms with E-state index in [1.807, 2.05) is 31.5 Å². The summed E-state index contributed by atoms with van der Waals surface area (Å²) in [4.78, 5) is 4.27. The van der Waals surface area contributed by atoms with Crippen LogP contribution in [0.1, 0.15) is 29.5 Å². The van der Waals surface area contributed by atoms with Gasteiger partial charge < -0.3 is 5.73 Å². The summed E-state index contributed by atoms with van der Waals surface area (Å²) in [6.07, 6.45) is 4.68. The molecule has 2 rings (SSSR count). The lowest BCUT2D eigenvalue weighted by Crippen LogP contribution is -2.26. The van der Waals surface area contributed by atoms with Crippen LogP contribution >= 0.6 is 11.6 Å². The van der Waals surface area contributed by atoms with Crippen molar-refractivity contribution in [1.82, 2.24) is 4.98 Å². The Morgan fingerprint density at radius 2 is 1.89 bits per heavy atom. The van der Waals surface area contributed by atoms with E-state index in [0.717, 1.165) is 11.4 Å². The summed E-state index contributed by atoms with van der Waals surface area (Å²) in [6.45, 7) is 4.10. The molecule has 1 aromatic heterocycles. The number of hydrogen-bond donors (Lipinski definition) is 1. The van der Waals surface area contributed by atoms with Crippen LogP contribution in [0.25, 0.3) is 0 Å². The molecule has 0 spiro atoms. The summed E-state index contributed by atoms with van der Waals surface area (Å²) >= 11 is 5.91. The summed E-state index contributed by atoms with van der Waals surface area (Å²) in [5, 5.41) is 0.762.